The first-order chi connectivity index (χ1) is 8.80. The number of hydrogen-bond acceptors (Lipinski definition) is 3. The summed E-state index contributed by atoms with van der Waals surface area (Å²) in [6, 6.07) is 3.88. The normalized spacial score (nSPS) is 11.7. The predicted molar refractivity (Wildman–Crippen MR) is 81.4 cm³/mol. The first-order valence-corrected chi connectivity index (χ1v) is 7.13. The Labute approximate surface area is 126 Å². The molecule has 0 bridgehead atoms. The molecule has 0 N–H and O–H groups in total. The van der Waals surface area contributed by atoms with E-state index < -0.39 is 0 Å². The highest BCUT2D eigenvalue weighted by molar-refractivity contribution is 9.10. The standard InChI is InChI=1S/C14H15BrClN3/c1-8-6-5-7-17-10(8)13-18-11(14(2,3)4)9(15)12(16)19-13/h5-7H,1-4H3. The summed E-state index contributed by atoms with van der Waals surface area (Å²) in [6.07, 6.45) is 1.73. The largest absolute Gasteiger partial charge is 0.253 e. The van der Waals surface area contributed by atoms with Crippen LogP contribution in [0.2, 0.25) is 5.15 Å². The second-order valence-corrected chi connectivity index (χ2v) is 6.57. The summed E-state index contributed by atoms with van der Waals surface area (Å²) in [5, 5.41) is 0.417. The molecule has 0 aliphatic carbocycles. The maximum Gasteiger partial charge on any atom is 0.180 e. The van der Waals surface area contributed by atoms with E-state index in [4.69, 9.17) is 11.6 Å². The van der Waals surface area contributed by atoms with Crippen LogP contribution >= 0.6 is 27.5 Å². The van der Waals surface area contributed by atoms with Crippen molar-refractivity contribution >= 4 is 27.5 Å². The molecule has 0 aromatic carbocycles. The molecule has 0 aliphatic heterocycles. The Morgan fingerprint density at radius 2 is 1.89 bits per heavy atom. The van der Waals surface area contributed by atoms with Crippen molar-refractivity contribution in [3.63, 3.8) is 0 Å². The molecular formula is C14H15BrClN3. The van der Waals surface area contributed by atoms with E-state index in [0.29, 0.717) is 11.0 Å². The van der Waals surface area contributed by atoms with Crippen LogP contribution in [0.4, 0.5) is 0 Å². The second kappa shape index (κ2) is 5.17. The van der Waals surface area contributed by atoms with Gasteiger partial charge in [-0.1, -0.05) is 38.4 Å². The number of halogens is 2. The predicted octanol–water partition coefficient (Wildman–Crippen LogP) is 4.56. The number of aromatic nitrogens is 3. The summed E-state index contributed by atoms with van der Waals surface area (Å²) in [5.41, 5.74) is 2.55. The lowest BCUT2D eigenvalue weighted by atomic mass is 9.92. The van der Waals surface area contributed by atoms with Crippen LogP contribution in [0.1, 0.15) is 32.0 Å². The van der Waals surface area contributed by atoms with Gasteiger partial charge in [0.25, 0.3) is 0 Å². The molecule has 0 saturated heterocycles. The van der Waals surface area contributed by atoms with E-state index in [9.17, 15) is 0 Å². The zero-order valence-electron chi connectivity index (χ0n) is 11.3. The zero-order chi connectivity index (χ0) is 14.2. The summed E-state index contributed by atoms with van der Waals surface area (Å²) < 4.78 is 0.749. The third-order valence-corrected chi connectivity index (χ3v) is 4.00. The van der Waals surface area contributed by atoms with Gasteiger partial charge in [0, 0.05) is 11.6 Å². The van der Waals surface area contributed by atoms with Gasteiger partial charge in [0.05, 0.1) is 10.2 Å². The van der Waals surface area contributed by atoms with Gasteiger partial charge < -0.3 is 0 Å². The van der Waals surface area contributed by atoms with Gasteiger partial charge in [-0.3, -0.25) is 4.98 Å². The molecular weight excluding hydrogens is 326 g/mol. The minimum atomic E-state index is -0.122. The molecule has 100 valence electrons. The molecule has 5 heteroatoms. The quantitative estimate of drug-likeness (QED) is 0.714. The van der Waals surface area contributed by atoms with Crippen LogP contribution in [0.3, 0.4) is 0 Å². The molecule has 0 spiro atoms. The van der Waals surface area contributed by atoms with Gasteiger partial charge in [0.2, 0.25) is 0 Å². The fourth-order valence-electron chi connectivity index (χ4n) is 1.74. The molecule has 3 nitrogen and oxygen atoms in total. The Hall–Kier alpha value is -1.00. The van der Waals surface area contributed by atoms with E-state index in [1.165, 1.54) is 0 Å². The van der Waals surface area contributed by atoms with Gasteiger partial charge in [0.15, 0.2) is 5.82 Å². The van der Waals surface area contributed by atoms with E-state index >= 15 is 0 Å². The van der Waals surface area contributed by atoms with Gasteiger partial charge >= 0.3 is 0 Å². The molecule has 2 aromatic heterocycles. The summed E-state index contributed by atoms with van der Waals surface area (Å²) >= 11 is 9.67. The molecule has 0 unspecified atom stereocenters. The Bertz CT molecular complexity index is 621. The lowest BCUT2D eigenvalue weighted by Crippen LogP contribution is -2.16. The summed E-state index contributed by atoms with van der Waals surface area (Å²) in [6.45, 7) is 8.25. The molecule has 19 heavy (non-hydrogen) atoms. The van der Waals surface area contributed by atoms with Crippen LogP contribution in [0.5, 0.6) is 0 Å². The van der Waals surface area contributed by atoms with Gasteiger partial charge in [-0.05, 0) is 34.5 Å². The van der Waals surface area contributed by atoms with Gasteiger partial charge in [-0.2, -0.15) is 0 Å². The van der Waals surface area contributed by atoms with Crippen LogP contribution in [-0.2, 0) is 5.41 Å². The van der Waals surface area contributed by atoms with E-state index in [-0.39, 0.29) is 5.41 Å². The third kappa shape index (κ3) is 2.95. The fraction of sp³-hybridized carbons (Fsp3) is 0.357. The average molecular weight is 341 g/mol. The van der Waals surface area contributed by atoms with Crippen molar-refractivity contribution in [3.05, 3.63) is 39.2 Å². The van der Waals surface area contributed by atoms with Crippen LogP contribution < -0.4 is 0 Å². The van der Waals surface area contributed by atoms with Crippen molar-refractivity contribution < 1.29 is 0 Å². The highest BCUT2D eigenvalue weighted by atomic mass is 79.9. The zero-order valence-corrected chi connectivity index (χ0v) is 13.7. The molecule has 2 aromatic rings. The first-order valence-electron chi connectivity index (χ1n) is 5.96. The molecule has 0 atom stereocenters. The van der Waals surface area contributed by atoms with Crippen molar-refractivity contribution in [2.75, 3.05) is 0 Å². The smallest absolute Gasteiger partial charge is 0.180 e. The Morgan fingerprint density at radius 1 is 1.21 bits per heavy atom. The van der Waals surface area contributed by atoms with Gasteiger partial charge in [-0.25, -0.2) is 9.97 Å². The lowest BCUT2D eigenvalue weighted by molar-refractivity contribution is 0.564. The summed E-state index contributed by atoms with van der Waals surface area (Å²) in [5.74, 6) is 0.566. The van der Waals surface area contributed by atoms with Crippen LogP contribution in [-0.4, -0.2) is 15.0 Å². The number of rotatable bonds is 1. The maximum atomic E-state index is 6.20. The van der Waals surface area contributed by atoms with Crippen molar-refractivity contribution in [2.45, 2.75) is 33.1 Å². The van der Waals surface area contributed by atoms with Crippen LogP contribution in [0.25, 0.3) is 11.5 Å². The molecule has 0 aliphatic rings. The monoisotopic (exact) mass is 339 g/mol. The van der Waals surface area contributed by atoms with E-state index in [2.05, 4.69) is 51.7 Å². The molecule has 0 amide bonds. The summed E-state index contributed by atoms with van der Waals surface area (Å²) in [7, 11) is 0. The number of pyridine rings is 1. The molecule has 2 rings (SSSR count). The molecule has 0 saturated carbocycles. The van der Waals surface area contributed by atoms with E-state index in [0.717, 1.165) is 21.4 Å². The molecule has 0 fully saturated rings. The van der Waals surface area contributed by atoms with Crippen LogP contribution in [0, 0.1) is 6.92 Å². The Kier molecular flexibility index (Phi) is 3.92. The number of aryl methyl sites for hydroxylation is 1. The van der Waals surface area contributed by atoms with Crippen molar-refractivity contribution in [2.24, 2.45) is 0 Å². The fourth-order valence-corrected chi connectivity index (χ4v) is 2.68. The lowest BCUT2D eigenvalue weighted by Gasteiger charge is -2.20. The minimum Gasteiger partial charge on any atom is -0.253 e. The van der Waals surface area contributed by atoms with Crippen molar-refractivity contribution in [1.29, 1.82) is 0 Å². The van der Waals surface area contributed by atoms with E-state index in [1.807, 2.05) is 19.1 Å². The highest BCUT2D eigenvalue weighted by Crippen LogP contribution is 2.34. The van der Waals surface area contributed by atoms with Crippen LogP contribution in [0.15, 0.2) is 22.8 Å². The molecule has 2 heterocycles. The van der Waals surface area contributed by atoms with Gasteiger partial charge in [-0.15, -0.1) is 0 Å². The van der Waals surface area contributed by atoms with E-state index in [1.54, 1.807) is 6.20 Å². The maximum absolute atomic E-state index is 6.20. The van der Waals surface area contributed by atoms with Gasteiger partial charge in [0.1, 0.15) is 10.8 Å². The van der Waals surface area contributed by atoms with Crippen molar-refractivity contribution in [3.8, 4) is 11.5 Å². The Balaban J connectivity index is 2.68. The number of hydrogen-bond donors (Lipinski definition) is 0. The topological polar surface area (TPSA) is 38.7 Å². The number of nitrogens with zero attached hydrogens (tertiary/aromatic N) is 3. The first kappa shape index (κ1) is 14.4. The second-order valence-electron chi connectivity index (χ2n) is 5.42. The molecule has 0 radical (unpaired) electrons. The average Bonchev–Trinajstić information content (AvgIpc) is 2.31. The highest BCUT2D eigenvalue weighted by Gasteiger charge is 2.23. The minimum absolute atomic E-state index is 0.122. The van der Waals surface area contributed by atoms with Crippen molar-refractivity contribution in [1.82, 2.24) is 15.0 Å². The summed E-state index contributed by atoms with van der Waals surface area (Å²) in [4.78, 5) is 13.3. The third-order valence-electron chi connectivity index (χ3n) is 2.74. The SMILES string of the molecule is Cc1cccnc1-c1nc(Cl)c(Br)c(C(C)(C)C)n1. The Morgan fingerprint density at radius 3 is 2.47 bits per heavy atom.